The third-order valence-corrected chi connectivity index (χ3v) is 4.96. The Kier molecular flexibility index (Phi) is 4.42. The Labute approximate surface area is 152 Å². The third kappa shape index (κ3) is 3.19. The molecular weight excluding hydrogens is 324 g/mol. The Morgan fingerprint density at radius 2 is 1.73 bits per heavy atom. The molecule has 2 heterocycles. The van der Waals surface area contributed by atoms with E-state index < -0.39 is 0 Å². The first kappa shape index (κ1) is 16.4. The van der Waals surface area contributed by atoms with E-state index in [1.807, 2.05) is 54.6 Å². The fraction of sp³-hybridized carbons (Fsp3) is 0.238. The maximum absolute atomic E-state index is 12.3. The third-order valence-electron chi connectivity index (χ3n) is 4.96. The molecule has 5 nitrogen and oxygen atoms in total. The van der Waals surface area contributed by atoms with Crippen molar-refractivity contribution in [3.8, 4) is 6.07 Å². The van der Waals surface area contributed by atoms with Gasteiger partial charge in [-0.2, -0.15) is 5.26 Å². The zero-order valence-corrected chi connectivity index (χ0v) is 14.5. The fourth-order valence-corrected chi connectivity index (χ4v) is 3.54. The van der Waals surface area contributed by atoms with E-state index in [0.717, 1.165) is 48.3 Å². The first-order valence-electron chi connectivity index (χ1n) is 8.82. The molecular formula is C21H20N4O. The van der Waals surface area contributed by atoms with Crippen LogP contribution >= 0.6 is 0 Å². The Morgan fingerprint density at radius 3 is 2.54 bits per heavy atom. The number of para-hydroxylation sites is 2. The molecule has 1 aliphatic rings. The second-order valence-electron chi connectivity index (χ2n) is 6.60. The van der Waals surface area contributed by atoms with Gasteiger partial charge in [0.15, 0.2) is 0 Å². The van der Waals surface area contributed by atoms with Crippen molar-refractivity contribution < 1.29 is 0 Å². The molecule has 0 radical (unpaired) electrons. The average molecular weight is 344 g/mol. The lowest BCUT2D eigenvalue weighted by atomic mass is 10.1. The number of fused-ring (bicyclic) bond motifs is 1. The molecule has 26 heavy (non-hydrogen) atoms. The quantitative estimate of drug-likeness (QED) is 0.793. The molecule has 130 valence electrons. The van der Waals surface area contributed by atoms with Crippen LogP contribution in [0.2, 0.25) is 0 Å². The Hall–Kier alpha value is -3.10. The first-order valence-corrected chi connectivity index (χ1v) is 8.82. The summed E-state index contributed by atoms with van der Waals surface area (Å²) < 4.78 is 0. The van der Waals surface area contributed by atoms with Crippen LogP contribution < -0.4 is 10.5 Å². The number of anilines is 1. The highest BCUT2D eigenvalue weighted by Gasteiger charge is 2.20. The Morgan fingerprint density at radius 1 is 1.00 bits per heavy atom. The van der Waals surface area contributed by atoms with E-state index in [1.54, 1.807) is 0 Å². The van der Waals surface area contributed by atoms with E-state index in [-0.39, 0.29) is 5.56 Å². The molecule has 0 unspecified atom stereocenters. The second-order valence-corrected chi connectivity index (χ2v) is 6.60. The summed E-state index contributed by atoms with van der Waals surface area (Å²) in [6.07, 6.45) is 0. The maximum atomic E-state index is 12.3. The minimum atomic E-state index is -0.0130. The summed E-state index contributed by atoms with van der Waals surface area (Å²) in [5.74, 6) is 0. The smallest absolute Gasteiger partial charge is 0.252 e. The molecule has 4 rings (SSSR count). The fourth-order valence-electron chi connectivity index (χ4n) is 3.54. The lowest BCUT2D eigenvalue weighted by molar-refractivity contribution is 0.249. The molecule has 0 bridgehead atoms. The van der Waals surface area contributed by atoms with Gasteiger partial charge in [-0.15, -0.1) is 0 Å². The van der Waals surface area contributed by atoms with E-state index in [1.165, 1.54) is 0 Å². The molecule has 0 atom stereocenters. The average Bonchev–Trinajstić information content (AvgIpc) is 2.69. The van der Waals surface area contributed by atoms with Crippen LogP contribution in [0, 0.1) is 11.3 Å². The Bertz CT molecular complexity index is 1030. The van der Waals surface area contributed by atoms with Crippen molar-refractivity contribution in [1.82, 2.24) is 9.88 Å². The van der Waals surface area contributed by atoms with E-state index in [2.05, 4.69) is 20.9 Å². The summed E-state index contributed by atoms with van der Waals surface area (Å²) in [6.45, 7) is 4.08. The maximum Gasteiger partial charge on any atom is 0.252 e. The number of nitrogens with one attached hydrogen (secondary N) is 1. The number of H-pyrrole nitrogens is 1. The number of nitrogens with zero attached hydrogens (tertiary/aromatic N) is 3. The van der Waals surface area contributed by atoms with Crippen molar-refractivity contribution in [2.24, 2.45) is 0 Å². The molecule has 1 saturated heterocycles. The second kappa shape index (κ2) is 7.03. The summed E-state index contributed by atoms with van der Waals surface area (Å²) in [6, 6.07) is 19.8. The highest BCUT2D eigenvalue weighted by atomic mass is 16.1. The van der Waals surface area contributed by atoms with Gasteiger partial charge in [0.2, 0.25) is 0 Å². The van der Waals surface area contributed by atoms with Crippen LogP contribution in [0.5, 0.6) is 0 Å². The largest absolute Gasteiger partial charge is 0.368 e. The number of aromatic nitrogens is 1. The van der Waals surface area contributed by atoms with E-state index in [0.29, 0.717) is 12.1 Å². The van der Waals surface area contributed by atoms with Gasteiger partial charge in [0, 0.05) is 43.8 Å². The number of hydrogen-bond acceptors (Lipinski definition) is 4. The van der Waals surface area contributed by atoms with Gasteiger partial charge < -0.3 is 9.88 Å². The highest BCUT2D eigenvalue weighted by Crippen LogP contribution is 2.21. The SMILES string of the molecule is N#Cc1ccccc1N1CCN(Cc2cc3ccccc3[nH]c2=O)CC1. The first-order chi connectivity index (χ1) is 12.7. The van der Waals surface area contributed by atoms with Crippen molar-refractivity contribution in [3.63, 3.8) is 0 Å². The number of rotatable bonds is 3. The topological polar surface area (TPSA) is 63.1 Å². The van der Waals surface area contributed by atoms with Crippen molar-refractivity contribution in [3.05, 3.63) is 76.1 Å². The summed E-state index contributed by atoms with van der Waals surface area (Å²) in [4.78, 5) is 19.9. The van der Waals surface area contributed by atoms with Crippen LogP contribution in [0.15, 0.2) is 59.4 Å². The molecule has 0 saturated carbocycles. The zero-order chi connectivity index (χ0) is 17.9. The monoisotopic (exact) mass is 344 g/mol. The van der Waals surface area contributed by atoms with Gasteiger partial charge in [0.05, 0.1) is 11.3 Å². The lowest BCUT2D eigenvalue weighted by Crippen LogP contribution is -2.46. The van der Waals surface area contributed by atoms with Gasteiger partial charge in [0.25, 0.3) is 5.56 Å². The summed E-state index contributed by atoms with van der Waals surface area (Å²) >= 11 is 0. The number of hydrogen-bond donors (Lipinski definition) is 1. The number of benzene rings is 2. The lowest BCUT2D eigenvalue weighted by Gasteiger charge is -2.36. The van der Waals surface area contributed by atoms with Gasteiger partial charge in [-0.25, -0.2) is 0 Å². The van der Waals surface area contributed by atoms with Crippen LogP contribution in [-0.4, -0.2) is 36.1 Å². The van der Waals surface area contributed by atoms with E-state index in [9.17, 15) is 10.1 Å². The van der Waals surface area contributed by atoms with Crippen LogP contribution in [0.3, 0.4) is 0 Å². The van der Waals surface area contributed by atoms with Crippen LogP contribution in [-0.2, 0) is 6.54 Å². The van der Waals surface area contributed by atoms with Crippen molar-refractivity contribution >= 4 is 16.6 Å². The number of pyridine rings is 1. The molecule has 0 spiro atoms. The number of piperazine rings is 1. The molecule has 0 amide bonds. The van der Waals surface area contributed by atoms with E-state index >= 15 is 0 Å². The summed E-state index contributed by atoms with van der Waals surface area (Å²) in [7, 11) is 0. The minimum absolute atomic E-state index is 0.0130. The van der Waals surface area contributed by atoms with Gasteiger partial charge in [-0.3, -0.25) is 9.69 Å². The Balaban J connectivity index is 1.47. The van der Waals surface area contributed by atoms with Gasteiger partial charge >= 0.3 is 0 Å². The molecule has 1 aromatic heterocycles. The predicted octanol–water partition coefficient (Wildman–Crippen LogP) is 2.72. The normalized spacial score (nSPS) is 15.1. The van der Waals surface area contributed by atoms with Crippen LogP contribution in [0.25, 0.3) is 10.9 Å². The van der Waals surface area contributed by atoms with Crippen molar-refractivity contribution in [2.45, 2.75) is 6.54 Å². The zero-order valence-electron chi connectivity index (χ0n) is 14.5. The van der Waals surface area contributed by atoms with Gasteiger partial charge in [0.1, 0.15) is 6.07 Å². The van der Waals surface area contributed by atoms with Gasteiger partial charge in [-0.05, 0) is 29.7 Å². The molecule has 1 fully saturated rings. The molecule has 0 aliphatic carbocycles. The highest BCUT2D eigenvalue weighted by molar-refractivity contribution is 5.78. The molecule has 5 heteroatoms. The molecule has 3 aromatic rings. The predicted molar refractivity (Wildman–Crippen MR) is 103 cm³/mol. The molecule has 1 aliphatic heterocycles. The van der Waals surface area contributed by atoms with E-state index in [4.69, 9.17) is 0 Å². The number of nitriles is 1. The van der Waals surface area contributed by atoms with Crippen LogP contribution in [0.1, 0.15) is 11.1 Å². The van der Waals surface area contributed by atoms with Gasteiger partial charge in [-0.1, -0.05) is 30.3 Å². The van der Waals surface area contributed by atoms with Crippen LogP contribution in [0.4, 0.5) is 5.69 Å². The molecule has 2 aromatic carbocycles. The minimum Gasteiger partial charge on any atom is -0.368 e. The molecule has 1 N–H and O–H groups in total. The summed E-state index contributed by atoms with van der Waals surface area (Å²) in [5, 5.41) is 10.3. The summed E-state index contributed by atoms with van der Waals surface area (Å²) in [5.41, 5.74) is 3.37. The number of aromatic amines is 1. The standard InChI is InChI=1S/C21H20N4O/c22-14-17-6-2-4-8-20(17)25-11-9-24(10-12-25)15-18-13-16-5-1-3-7-19(16)23-21(18)26/h1-8,13H,9-12,15H2,(H,23,26). The van der Waals surface area contributed by atoms with Crippen molar-refractivity contribution in [1.29, 1.82) is 5.26 Å². The van der Waals surface area contributed by atoms with Crippen molar-refractivity contribution in [2.75, 3.05) is 31.1 Å².